The Balaban J connectivity index is 2.49. The van der Waals surface area contributed by atoms with E-state index in [0.29, 0.717) is 12.0 Å². The van der Waals surface area contributed by atoms with Gasteiger partial charge in [-0.05, 0) is 25.0 Å². The average molecular weight is 262 g/mol. The molecular formula is C13H22N6. The highest BCUT2D eigenvalue weighted by Crippen LogP contribution is 2.21. The number of anilines is 2. The van der Waals surface area contributed by atoms with E-state index in [4.69, 9.17) is 5.84 Å². The van der Waals surface area contributed by atoms with Gasteiger partial charge in [0.25, 0.3) is 0 Å². The predicted octanol–water partition coefficient (Wildman–Crippen LogP) is 1.66. The first kappa shape index (κ1) is 13.6. The molecule has 0 spiro atoms. The number of nitrogens with two attached hydrogens (primary N) is 1. The van der Waals surface area contributed by atoms with Crippen LogP contribution in [0.3, 0.4) is 0 Å². The number of nitrogens with zero attached hydrogens (tertiary/aromatic N) is 5. The maximum atomic E-state index is 5.86. The van der Waals surface area contributed by atoms with Crippen LogP contribution in [0.4, 0.5) is 11.8 Å². The Hall–Kier alpha value is -1.82. The van der Waals surface area contributed by atoms with Crippen LogP contribution in [0.5, 0.6) is 0 Å². The van der Waals surface area contributed by atoms with Crippen LogP contribution < -0.4 is 15.8 Å². The molecule has 6 nitrogen and oxygen atoms in total. The normalized spacial score (nSPS) is 11.3. The SMILES string of the molecule is CCC(CC)N(C)c1nc(N(C)N)c2cccn2n1. The van der Waals surface area contributed by atoms with Crippen molar-refractivity contribution in [1.29, 1.82) is 0 Å². The fourth-order valence-electron chi connectivity index (χ4n) is 2.32. The molecule has 0 saturated carbocycles. The van der Waals surface area contributed by atoms with Crippen LogP contribution in [0.2, 0.25) is 0 Å². The monoisotopic (exact) mass is 262 g/mol. The highest BCUT2D eigenvalue weighted by atomic mass is 15.5. The molecule has 0 fully saturated rings. The molecule has 2 N–H and O–H groups in total. The lowest BCUT2D eigenvalue weighted by atomic mass is 10.1. The van der Waals surface area contributed by atoms with Crippen LogP contribution in [0.25, 0.3) is 5.52 Å². The Kier molecular flexibility index (Phi) is 3.90. The summed E-state index contributed by atoms with van der Waals surface area (Å²) in [5.41, 5.74) is 0.909. The van der Waals surface area contributed by atoms with Crippen molar-refractivity contribution in [3.63, 3.8) is 0 Å². The molecule has 0 bridgehead atoms. The van der Waals surface area contributed by atoms with Crippen LogP contribution in [-0.4, -0.2) is 34.7 Å². The lowest BCUT2D eigenvalue weighted by Crippen LogP contribution is -2.34. The highest BCUT2D eigenvalue weighted by molar-refractivity contribution is 5.69. The van der Waals surface area contributed by atoms with E-state index < -0.39 is 0 Å². The topological polar surface area (TPSA) is 62.7 Å². The van der Waals surface area contributed by atoms with Crippen LogP contribution >= 0.6 is 0 Å². The largest absolute Gasteiger partial charge is 0.340 e. The number of fused-ring (bicyclic) bond motifs is 1. The molecule has 104 valence electrons. The zero-order valence-electron chi connectivity index (χ0n) is 12.0. The predicted molar refractivity (Wildman–Crippen MR) is 78.4 cm³/mol. The first-order valence-electron chi connectivity index (χ1n) is 6.65. The summed E-state index contributed by atoms with van der Waals surface area (Å²) in [5.74, 6) is 7.29. The van der Waals surface area contributed by atoms with Gasteiger partial charge in [-0.15, -0.1) is 5.10 Å². The number of aromatic nitrogens is 3. The number of hydrazine groups is 1. The molecule has 0 saturated heterocycles. The van der Waals surface area contributed by atoms with Crippen molar-refractivity contribution < 1.29 is 0 Å². The van der Waals surface area contributed by atoms with Crippen molar-refractivity contribution in [3.8, 4) is 0 Å². The van der Waals surface area contributed by atoms with Crippen molar-refractivity contribution in [3.05, 3.63) is 18.3 Å². The van der Waals surface area contributed by atoms with Gasteiger partial charge in [0.1, 0.15) is 5.52 Å². The van der Waals surface area contributed by atoms with E-state index in [-0.39, 0.29) is 0 Å². The molecule has 0 aliphatic carbocycles. The molecule has 0 amide bonds. The summed E-state index contributed by atoms with van der Waals surface area (Å²) in [7, 11) is 3.82. The van der Waals surface area contributed by atoms with E-state index in [9.17, 15) is 0 Å². The third-order valence-corrected chi connectivity index (χ3v) is 3.50. The Labute approximate surface area is 113 Å². The number of hydrogen-bond donors (Lipinski definition) is 1. The minimum absolute atomic E-state index is 0.434. The molecule has 2 aromatic heterocycles. The molecule has 19 heavy (non-hydrogen) atoms. The molecule has 0 unspecified atom stereocenters. The highest BCUT2D eigenvalue weighted by Gasteiger charge is 2.17. The van der Waals surface area contributed by atoms with E-state index >= 15 is 0 Å². The second-order valence-electron chi connectivity index (χ2n) is 4.77. The van der Waals surface area contributed by atoms with Crippen LogP contribution in [0.15, 0.2) is 18.3 Å². The van der Waals surface area contributed by atoms with Crippen molar-refractivity contribution in [2.75, 3.05) is 24.0 Å². The first-order valence-corrected chi connectivity index (χ1v) is 6.65. The minimum atomic E-state index is 0.434. The maximum absolute atomic E-state index is 5.86. The standard InChI is InChI=1S/C13H22N6/c1-5-10(6-2)17(3)13-15-12(18(4)14)11-8-7-9-19(11)16-13/h7-10H,5-6,14H2,1-4H3. The van der Waals surface area contributed by atoms with E-state index in [1.807, 2.05) is 29.9 Å². The first-order chi connectivity index (χ1) is 9.08. The second kappa shape index (κ2) is 5.44. The zero-order valence-corrected chi connectivity index (χ0v) is 12.0. The van der Waals surface area contributed by atoms with Crippen LogP contribution in [0, 0.1) is 0 Å². The van der Waals surface area contributed by atoms with Gasteiger partial charge in [0.15, 0.2) is 5.82 Å². The number of rotatable bonds is 5. The molecule has 6 heteroatoms. The third-order valence-electron chi connectivity index (χ3n) is 3.50. The van der Waals surface area contributed by atoms with E-state index in [1.165, 1.54) is 5.01 Å². The molecule has 0 aliphatic rings. The van der Waals surface area contributed by atoms with E-state index in [0.717, 1.165) is 24.2 Å². The lowest BCUT2D eigenvalue weighted by molar-refractivity contribution is 0.576. The van der Waals surface area contributed by atoms with Gasteiger partial charge in [-0.2, -0.15) is 4.98 Å². The molecule has 2 heterocycles. The molecule has 2 rings (SSSR count). The summed E-state index contributed by atoms with van der Waals surface area (Å²) in [5, 5.41) is 6.07. The van der Waals surface area contributed by atoms with Gasteiger partial charge in [-0.1, -0.05) is 13.8 Å². The molecule has 2 aromatic rings. The van der Waals surface area contributed by atoms with Gasteiger partial charge in [0, 0.05) is 26.3 Å². The van der Waals surface area contributed by atoms with Crippen molar-refractivity contribution in [2.45, 2.75) is 32.7 Å². The summed E-state index contributed by atoms with van der Waals surface area (Å²) in [6.45, 7) is 4.35. The van der Waals surface area contributed by atoms with Crippen LogP contribution in [0.1, 0.15) is 26.7 Å². The maximum Gasteiger partial charge on any atom is 0.245 e. The van der Waals surface area contributed by atoms with Crippen molar-refractivity contribution >= 4 is 17.3 Å². The lowest BCUT2D eigenvalue weighted by Gasteiger charge is -2.27. The van der Waals surface area contributed by atoms with Crippen molar-refractivity contribution in [1.82, 2.24) is 14.6 Å². The minimum Gasteiger partial charge on any atom is -0.340 e. The Morgan fingerprint density at radius 3 is 2.58 bits per heavy atom. The van der Waals surface area contributed by atoms with Crippen LogP contribution in [-0.2, 0) is 0 Å². The quantitative estimate of drug-likeness (QED) is 0.656. The Bertz CT molecular complexity index is 543. The number of hydrogen-bond acceptors (Lipinski definition) is 5. The smallest absolute Gasteiger partial charge is 0.245 e. The molecular weight excluding hydrogens is 240 g/mol. The van der Waals surface area contributed by atoms with Gasteiger partial charge in [-0.3, -0.25) is 5.01 Å². The summed E-state index contributed by atoms with van der Waals surface area (Å²) in [4.78, 5) is 6.70. The summed E-state index contributed by atoms with van der Waals surface area (Å²) >= 11 is 0. The average Bonchev–Trinajstić information content (AvgIpc) is 2.86. The van der Waals surface area contributed by atoms with Crippen molar-refractivity contribution in [2.24, 2.45) is 5.84 Å². The molecule has 0 aromatic carbocycles. The molecule has 0 atom stereocenters. The second-order valence-corrected chi connectivity index (χ2v) is 4.77. The van der Waals surface area contributed by atoms with Gasteiger partial charge in [0.05, 0.1) is 0 Å². The zero-order chi connectivity index (χ0) is 14.0. The molecule has 0 radical (unpaired) electrons. The van der Waals surface area contributed by atoms with Gasteiger partial charge in [0.2, 0.25) is 5.95 Å². The Morgan fingerprint density at radius 2 is 2.00 bits per heavy atom. The fraction of sp³-hybridized carbons (Fsp3) is 0.538. The van der Waals surface area contributed by atoms with Gasteiger partial charge in [-0.25, -0.2) is 10.4 Å². The van der Waals surface area contributed by atoms with E-state index in [2.05, 4.69) is 28.8 Å². The van der Waals surface area contributed by atoms with E-state index in [1.54, 1.807) is 7.05 Å². The molecule has 0 aliphatic heterocycles. The Morgan fingerprint density at radius 1 is 1.32 bits per heavy atom. The van der Waals surface area contributed by atoms with Gasteiger partial charge < -0.3 is 4.90 Å². The third kappa shape index (κ3) is 2.49. The fourth-order valence-corrected chi connectivity index (χ4v) is 2.32. The van der Waals surface area contributed by atoms with Gasteiger partial charge >= 0.3 is 0 Å². The summed E-state index contributed by atoms with van der Waals surface area (Å²) in [6.07, 6.45) is 4.04. The summed E-state index contributed by atoms with van der Waals surface area (Å²) in [6, 6.07) is 4.33. The summed E-state index contributed by atoms with van der Waals surface area (Å²) < 4.78 is 1.82.